The van der Waals surface area contributed by atoms with Crippen LogP contribution in [0.3, 0.4) is 0 Å². The number of nitrogens with one attached hydrogen (secondary N) is 2. The summed E-state index contributed by atoms with van der Waals surface area (Å²) in [6, 6.07) is 0. The lowest BCUT2D eigenvalue weighted by molar-refractivity contribution is -0.115. The molecule has 1 rings (SSSR count). The number of hydrogen-bond acceptors (Lipinski definition) is 4. The molecule has 0 unspecified atom stereocenters. The second-order valence-corrected chi connectivity index (χ2v) is 8.86. The average molecular weight is 698 g/mol. The van der Waals surface area contributed by atoms with Crippen LogP contribution in [0.25, 0.3) is 0 Å². The van der Waals surface area contributed by atoms with Crippen molar-refractivity contribution in [1.29, 1.82) is 0 Å². The van der Waals surface area contributed by atoms with E-state index in [1.807, 2.05) is 45.2 Å². The molecule has 0 heterocycles. The fourth-order valence-electron chi connectivity index (χ4n) is 2.18. The van der Waals surface area contributed by atoms with Crippen molar-refractivity contribution >= 4 is 96.9 Å². The summed E-state index contributed by atoms with van der Waals surface area (Å²) in [5.74, 6) is -0.964. The van der Waals surface area contributed by atoms with Crippen molar-refractivity contribution in [2.24, 2.45) is 0 Å². The van der Waals surface area contributed by atoms with Crippen molar-refractivity contribution in [2.45, 2.75) is 46.5 Å². The lowest BCUT2D eigenvalue weighted by Crippen LogP contribution is -2.19. The molecular weight excluding hydrogens is 677 g/mol. The number of hydrogen-bond donors (Lipinski definition) is 2. The van der Waals surface area contributed by atoms with Gasteiger partial charge in [-0.3, -0.25) is 9.59 Å². The molecule has 0 radical (unpaired) electrons. The second-order valence-electron chi connectivity index (χ2n) is 5.63. The zero-order chi connectivity index (χ0) is 19.9. The van der Waals surface area contributed by atoms with Crippen LogP contribution in [-0.2, 0) is 14.3 Å². The zero-order valence-electron chi connectivity index (χ0n) is 14.8. The van der Waals surface area contributed by atoms with Gasteiger partial charge in [0.25, 0.3) is 0 Å². The van der Waals surface area contributed by atoms with E-state index in [2.05, 4.69) is 40.1 Å². The van der Waals surface area contributed by atoms with Crippen LogP contribution in [-0.4, -0.2) is 24.4 Å². The molecule has 144 valence electrons. The summed E-state index contributed by atoms with van der Waals surface area (Å²) >= 11 is 6.11. The molecule has 0 saturated carbocycles. The van der Waals surface area contributed by atoms with E-state index in [-0.39, 0.29) is 11.8 Å². The van der Waals surface area contributed by atoms with Crippen LogP contribution in [0.4, 0.5) is 11.4 Å². The molecule has 0 aliphatic rings. The summed E-state index contributed by atoms with van der Waals surface area (Å²) in [7, 11) is 0. The summed E-state index contributed by atoms with van der Waals surface area (Å²) in [6.45, 7) is 5.26. The van der Waals surface area contributed by atoms with Crippen molar-refractivity contribution in [3.05, 3.63) is 16.3 Å². The van der Waals surface area contributed by atoms with Crippen molar-refractivity contribution in [2.75, 3.05) is 17.2 Å². The standard InChI is InChI=1S/C17H21I3N2O4/c1-4-5-6-7-8-26-17(25)11-12(18)15(21-9(2)23)14(20)16(13(11)19)22-10(3)24/h4-8H2,1-3H3,(H,21,23)(H,22,24). The predicted molar refractivity (Wildman–Crippen MR) is 128 cm³/mol. The molecule has 0 bridgehead atoms. The number of halogens is 3. The minimum atomic E-state index is -0.454. The van der Waals surface area contributed by atoms with Gasteiger partial charge in [-0.2, -0.15) is 0 Å². The summed E-state index contributed by atoms with van der Waals surface area (Å²) < 4.78 is 7.28. The van der Waals surface area contributed by atoms with E-state index in [0.29, 0.717) is 34.3 Å². The van der Waals surface area contributed by atoms with Crippen molar-refractivity contribution in [3.8, 4) is 0 Å². The molecule has 1 aromatic carbocycles. The maximum atomic E-state index is 12.6. The number of anilines is 2. The average Bonchev–Trinajstić information content (AvgIpc) is 2.55. The second kappa shape index (κ2) is 11.6. The number of benzene rings is 1. The number of ether oxygens (including phenoxy) is 1. The number of carbonyl (C=O) groups excluding carboxylic acids is 3. The van der Waals surface area contributed by atoms with Gasteiger partial charge in [-0.15, -0.1) is 0 Å². The van der Waals surface area contributed by atoms with Crippen LogP contribution in [0.15, 0.2) is 0 Å². The normalized spacial score (nSPS) is 10.4. The lowest BCUT2D eigenvalue weighted by Gasteiger charge is -2.19. The van der Waals surface area contributed by atoms with E-state index in [9.17, 15) is 14.4 Å². The minimum absolute atomic E-state index is 0.255. The number of esters is 1. The molecule has 0 atom stereocenters. The Labute approximate surface area is 194 Å². The molecule has 0 aromatic heterocycles. The van der Waals surface area contributed by atoms with E-state index < -0.39 is 5.97 Å². The molecule has 0 spiro atoms. The molecule has 1 aromatic rings. The van der Waals surface area contributed by atoms with Crippen LogP contribution < -0.4 is 10.6 Å². The summed E-state index contributed by atoms with van der Waals surface area (Å²) in [5.41, 5.74) is 1.36. The smallest absolute Gasteiger partial charge is 0.340 e. The van der Waals surface area contributed by atoms with Crippen LogP contribution in [0.1, 0.15) is 56.8 Å². The molecule has 0 fully saturated rings. The van der Waals surface area contributed by atoms with Gasteiger partial charge < -0.3 is 15.4 Å². The Balaban J connectivity index is 3.25. The first-order valence-corrected chi connectivity index (χ1v) is 11.4. The van der Waals surface area contributed by atoms with E-state index in [4.69, 9.17) is 4.74 Å². The summed E-state index contributed by atoms with van der Waals surface area (Å²) in [6.07, 6.45) is 4.05. The molecule has 9 heteroatoms. The number of amides is 2. The number of carbonyl (C=O) groups is 3. The van der Waals surface area contributed by atoms with Gasteiger partial charge in [0.2, 0.25) is 11.8 Å². The molecule has 0 saturated heterocycles. The SMILES string of the molecule is CCCCCCOC(=O)c1c(I)c(NC(C)=O)c(I)c(NC(C)=O)c1I. The summed E-state index contributed by atoms with van der Waals surface area (Å²) in [5, 5.41) is 5.49. The maximum absolute atomic E-state index is 12.6. The van der Waals surface area contributed by atoms with Gasteiger partial charge in [-0.05, 0) is 74.2 Å². The molecule has 26 heavy (non-hydrogen) atoms. The molecule has 2 amide bonds. The first-order valence-electron chi connectivity index (χ1n) is 8.13. The molecule has 2 N–H and O–H groups in total. The van der Waals surface area contributed by atoms with Crippen molar-refractivity contribution < 1.29 is 19.1 Å². The fourth-order valence-corrected chi connectivity index (χ4v) is 6.33. The van der Waals surface area contributed by atoms with Gasteiger partial charge in [0.15, 0.2) is 0 Å². The third-order valence-corrected chi connectivity index (χ3v) is 6.59. The predicted octanol–water partition coefficient (Wildman–Crippen LogP) is 5.15. The number of rotatable bonds is 8. The monoisotopic (exact) mass is 698 g/mol. The molecule has 6 nitrogen and oxygen atoms in total. The van der Waals surface area contributed by atoms with Gasteiger partial charge >= 0.3 is 5.97 Å². The van der Waals surface area contributed by atoms with Gasteiger partial charge in [0.05, 0.1) is 34.3 Å². The first kappa shape index (κ1) is 23.9. The molecular formula is C17H21I3N2O4. The molecule has 0 aliphatic heterocycles. The van der Waals surface area contributed by atoms with E-state index in [1.165, 1.54) is 13.8 Å². The van der Waals surface area contributed by atoms with Gasteiger partial charge in [0.1, 0.15) is 0 Å². The molecule has 0 aliphatic carbocycles. The van der Waals surface area contributed by atoms with Crippen molar-refractivity contribution in [3.63, 3.8) is 0 Å². The largest absolute Gasteiger partial charge is 0.462 e. The van der Waals surface area contributed by atoms with Gasteiger partial charge in [0, 0.05) is 13.8 Å². The minimum Gasteiger partial charge on any atom is -0.462 e. The van der Waals surface area contributed by atoms with Crippen LogP contribution in [0.5, 0.6) is 0 Å². The Bertz CT molecular complexity index is 665. The summed E-state index contributed by atoms with van der Waals surface area (Å²) in [4.78, 5) is 35.8. The maximum Gasteiger partial charge on any atom is 0.340 e. The van der Waals surface area contributed by atoms with Crippen LogP contribution >= 0.6 is 67.8 Å². The highest BCUT2D eigenvalue weighted by atomic mass is 127. The lowest BCUT2D eigenvalue weighted by atomic mass is 10.1. The fraction of sp³-hybridized carbons (Fsp3) is 0.471. The third-order valence-electron chi connectivity index (χ3n) is 3.35. The highest BCUT2D eigenvalue weighted by Crippen LogP contribution is 2.39. The third kappa shape index (κ3) is 6.77. The van der Waals surface area contributed by atoms with E-state index in [1.54, 1.807) is 0 Å². The van der Waals surface area contributed by atoms with E-state index >= 15 is 0 Å². The van der Waals surface area contributed by atoms with Gasteiger partial charge in [-0.1, -0.05) is 26.2 Å². The van der Waals surface area contributed by atoms with Crippen LogP contribution in [0, 0.1) is 10.7 Å². The van der Waals surface area contributed by atoms with Crippen LogP contribution in [0.2, 0.25) is 0 Å². The first-order chi connectivity index (χ1) is 12.2. The Morgan fingerprint density at radius 2 is 1.35 bits per heavy atom. The topological polar surface area (TPSA) is 84.5 Å². The van der Waals surface area contributed by atoms with E-state index in [0.717, 1.165) is 25.7 Å². The Morgan fingerprint density at radius 1 is 0.846 bits per heavy atom. The Morgan fingerprint density at radius 3 is 1.77 bits per heavy atom. The number of unbranched alkanes of at least 4 members (excludes halogenated alkanes) is 3. The Hall–Kier alpha value is -0.180. The quantitative estimate of drug-likeness (QED) is 0.224. The highest BCUT2D eigenvalue weighted by molar-refractivity contribution is 14.1. The van der Waals surface area contributed by atoms with Crippen molar-refractivity contribution in [1.82, 2.24) is 0 Å². The van der Waals surface area contributed by atoms with Gasteiger partial charge in [-0.25, -0.2) is 4.79 Å². The zero-order valence-corrected chi connectivity index (χ0v) is 21.3. The Kier molecular flexibility index (Phi) is 10.7. The highest BCUT2D eigenvalue weighted by Gasteiger charge is 2.26.